The van der Waals surface area contributed by atoms with E-state index in [2.05, 4.69) is 0 Å². The first-order valence-corrected chi connectivity index (χ1v) is 6.86. The molecular formula is C14H13ClFNS. The molecule has 0 spiro atoms. The van der Waals surface area contributed by atoms with E-state index in [1.807, 2.05) is 25.1 Å². The maximum atomic E-state index is 13.7. The molecule has 0 heterocycles. The fourth-order valence-electron chi connectivity index (χ4n) is 1.65. The first kappa shape index (κ1) is 13.2. The Balaban J connectivity index is 2.14. The number of thioether (sulfide) groups is 1. The van der Waals surface area contributed by atoms with Gasteiger partial charge in [0.05, 0.1) is 5.02 Å². The van der Waals surface area contributed by atoms with E-state index >= 15 is 0 Å². The topological polar surface area (TPSA) is 26.0 Å². The summed E-state index contributed by atoms with van der Waals surface area (Å²) in [5.41, 5.74) is 8.15. The summed E-state index contributed by atoms with van der Waals surface area (Å²) in [5, 5.41) is 0.169. The number of nitrogens with two attached hydrogens (primary N) is 1. The van der Waals surface area contributed by atoms with Gasteiger partial charge in [0, 0.05) is 16.3 Å². The van der Waals surface area contributed by atoms with Gasteiger partial charge in [-0.15, -0.1) is 11.8 Å². The predicted octanol–water partition coefficient (Wildman–Crippen LogP) is 4.66. The van der Waals surface area contributed by atoms with Gasteiger partial charge in [-0.3, -0.25) is 0 Å². The van der Waals surface area contributed by atoms with Gasteiger partial charge in [-0.05, 0) is 42.3 Å². The van der Waals surface area contributed by atoms with Gasteiger partial charge >= 0.3 is 0 Å². The highest BCUT2D eigenvalue weighted by atomic mass is 35.5. The third-order valence-electron chi connectivity index (χ3n) is 2.61. The van der Waals surface area contributed by atoms with Crippen LogP contribution in [0.1, 0.15) is 11.1 Å². The van der Waals surface area contributed by atoms with Crippen LogP contribution in [0.15, 0.2) is 41.3 Å². The smallest absolute Gasteiger partial charge is 0.145 e. The Kier molecular flexibility index (Phi) is 4.15. The number of nitrogen functional groups attached to an aromatic ring is 1. The van der Waals surface area contributed by atoms with Crippen LogP contribution in [0.25, 0.3) is 0 Å². The molecule has 0 fully saturated rings. The maximum Gasteiger partial charge on any atom is 0.145 e. The van der Waals surface area contributed by atoms with E-state index in [4.69, 9.17) is 17.3 Å². The minimum Gasteiger partial charge on any atom is -0.399 e. The Morgan fingerprint density at radius 3 is 2.78 bits per heavy atom. The number of rotatable bonds is 3. The minimum atomic E-state index is -0.334. The number of hydrogen-bond donors (Lipinski definition) is 1. The van der Waals surface area contributed by atoms with Crippen LogP contribution in [0.5, 0.6) is 0 Å². The van der Waals surface area contributed by atoms with Crippen LogP contribution in [0.2, 0.25) is 5.02 Å². The van der Waals surface area contributed by atoms with Gasteiger partial charge in [0.25, 0.3) is 0 Å². The lowest BCUT2D eigenvalue weighted by Gasteiger charge is -2.07. The Bertz CT molecular complexity index is 572. The van der Waals surface area contributed by atoms with Gasteiger partial charge in [-0.2, -0.15) is 0 Å². The van der Waals surface area contributed by atoms with Crippen LogP contribution in [-0.2, 0) is 5.75 Å². The van der Waals surface area contributed by atoms with E-state index in [0.29, 0.717) is 11.3 Å². The SMILES string of the molecule is Cc1cc(N)ccc1SCc1cccc(Cl)c1F. The Hall–Kier alpha value is -1.19. The summed E-state index contributed by atoms with van der Waals surface area (Å²) >= 11 is 7.32. The highest BCUT2D eigenvalue weighted by molar-refractivity contribution is 7.98. The van der Waals surface area contributed by atoms with Crippen molar-refractivity contribution in [1.29, 1.82) is 0 Å². The molecule has 0 saturated heterocycles. The summed E-state index contributed by atoms with van der Waals surface area (Å²) in [6.07, 6.45) is 0. The summed E-state index contributed by atoms with van der Waals surface area (Å²) in [6, 6.07) is 10.8. The lowest BCUT2D eigenvalue weighted by molar-refractivity contribution is 0.618. The summed E-state index contributed by atoms with van der Waals surface area (Å²) in [5.74, 6) is 0.219. The predicted molar refractivity (Wildman–Crippen MR) is 76.6 cm³/mol. The second kappa shape index (κ2) is 5.63. The standard InChI is InChI=1S/C14H13ClFNS/c1-9-7-11(17)5-6-13(9)18-8-10-3-2-4-12(15)14(10)16/h2-7H,8,17H2,1H3. The van der Waals surface area contributed by atoms with Crippen molar-refractivity contribution in [2.75, 3.05) is 5.73 Å². The molecule has 0 amide bonds. The number of halogens is 2. The minimum absolute atomic E-state index is 0.169. The van der Waals surface area contributed by atoms with E-state index in [9.17, 15) is 4.39 Å². The van der Waals surface area contributed by atoms with Gasteiger partial charge in [-0.1, -0.05) is 23.7 Å². The Morgan fingerprint density at radius 2 is 2.06 bits per heavy atom. The molecule has 0 saturated carbocycles. The zero-order valence-electron chi connectivity index (χ0n) is 9.91. The van der Waals surface area contributed by atoms with Crippen LogP contribution >= 0.6 is 23.4 Å². The number of hydrogen-bond acceptors (Lipinski definition) is 2. The van der Waals surface area contributed by atoms with Crippen molar-refractivity contribution < 1.29 is 4.39 Å². The molecule has 0 aromatic heterocycles. The largest absolute Gasteiger partial charge is 0.399 e. The molecule has 18 heavy (non-hydrogen) atoms. The van der Waals surface area contributed by atoms with E-state index in [0.717, 1.165) is 16.1 Å². The number of anilines is 1. The van der Waals surface area contributed by atoms with E-state index in [1.54, 1.807) is 30.0 Å². The molecule has 2 rings (SSSR count). The Labute approximate surface area is 115 Å². The summed E-state index contributed by atoms with van der Waals surface area (Å²) < 4.78 is 13.7. The molecule has 1 nitrogen and oxygen atoms in total. The van der Waals surface area contributed by atoms with E-state index < -0.39 is 0 Å². The highest BCUT2D eigenvalue weighted by Crippen LogP contribution is 2.29. The average Bonchev–Trinajstić information content (AvgIpc) is 2.33. The molecule has 0 aliphatic rings. The van der Waals surface area contributed by atoms with Crippen molar-refractivity contribution in [3.8, 4) is 0 Å². The second-order valence-corrected chi connectivity index (χ2v) is 5.45. The van der Waals surface area contributed by atoms with Crippen molar-refractivity contribution in [3.05, 3.63) is 58.4 Å². The van der Waals surface area contributed by atoms with Gasteiger partial charge in [0.1, 0.15) is 5.82 Å². The van der Waals surface area contributed by atoms with Crippen LogP contribution < -0.4 is 5.73 Å². The first-order valence-electron chi connectivity index (χ1n) is 5.50. The molecule has 2 N–H and O–H groups in total. The van der Waals surface area contributed by atoms with Crippen molar-refractivity contribution in [1.82, 2.24) is 0 Å². The maximum absolute atomic E-state index is 13.7. The molecule has 0 aliphatic heterocycles. The van der Waals surface area contributed by atoms with Gasteiger partial charge in [0.15, 0.2) is 0 Å². The van der Waals surface area contributed by atoms with Crippen LogP contribution in [0.3, 0.4) is 0 Å². The quantitative estimate of drug-likeness (QED) is 0.654. The Morgan fingerprint density at radius 1 is 1.28 bits per heavy atom. The van der Waals surface area contributed by atoms with Crippen LogP contribution in [-0.4, -0.2) is 0 Å². The van der Waals surface area contributed by atoms with Crippen LogP contribution in [0.4, 0.5) is 10.1 Å². The zero-order chi connectivity index (χ0) is 13.1. The molecule has 4 heteroatoms. The van der Waals surface area contributed by atoms with E-state index in [1.165, 1.54) is 0 Å². The lowest BCUT2D eigenvalue weighted by Crippen LogP contribution is -1.90. The third-order valence-corrected chi connectivity index (χ3v) is 4.13. The fourth-order valence-corrected chi connectivity index (χ4v) is 2.83. The summed E-state index contributed by atoms with van der Waals surface area (Å²) in [6.45, 7) is 1.99. The molecule has 2 aromatic rings. The normalized spacial score (nSPS) is 10.6. The molecule has 0 unspecified atom stereocenters. The van der Waals surface area contributed by atoms with E-state index in [-0.39, 0.29) is 10.8 Å². The zero-order valence-corrected chi connectivity index (χ0v) is 11.5. The molecule has 2 aromatic carbocycles. The van der Waals surface area contributed by atoms with Crippen LogP contribution in [0, 0.1) is 12.7 Å². The first-order chi connectivity index (χ1) is 8.58. The fraction of sp³-hybridized carbons (Fsp3) is 0.143. The molecule has 0 bridgehead atoms. The molecule has 0 aliphatic carbocycles. The van der Waals surface area contributed by atoms with Crippen molar-refractivity contribution in [2.24, 2.45) is 0 Å². The average molecular weight is 282 g/mol. The van der Waals surface area contributed by atoms with Gasteiger partial charge in [-0.25, -0.2) is 4.39 Å². The highest BCUT2D eigenvalue weighted by Gasteiger charge is 2.07. The lowest BCUT2D eigenvalue weighted by atomic mass is 10.2. The summed E-state index contributed by atoms with van der Waals surface area (Å²) in [4.78, 5) is 1.10. The van der Waals surface area contributed by atoms with Gasteiger partial charge < -0.3 is 5.73 Å². The molecule has 94 valence electrons. The number of aryl methyl sites for hydroxylation is 1. The molecule has 0 atom stereocenters. The monoisotopic (exact) mass is 281 g/mol. The second-order valence-electron chi connectivity index (χ2n) is 4.03. The third kappa shape index (κ3) is 2.98. The van der Waals surface area contributed by atoms with Crippen molar-refractivity contribution in [3.63, 3.8) is 0 Å². The van der Waals surface area contributed by atoms with Crippen molar-refractivity contribution >= 4 is 29.1 Å². The summed E-state index contributed by atoms with van der Waals surface area (Å²) in [7, 11) is 0. The molecule has 0 radical (unpaired) electrons. The molecular weight excluding hydrogens is 269 g/mol. The number of benzene rings is 2. The van der Waals surface area contributed by atoms with Gasteiger partial charge in [0.2, 0.25) is 0 Å². The van der Waals surface area contributed by atoms with Crippen molar-refractivity contribution in [2.45, 2.75) is 17.6 Å².